The van der Waals surface area contributed by atoms with Crippen LogP contribution >= 0.6 is 11.8 Å². The van der Waals surface area contributed by atoms with Crippen LogP contribution in [0.2, 0.25) is 0 Å². The molecule has 2 fully saturated rings. The first-order valence-electron chi connectivity index (χ1n) is 7.61. The molecule has 0 spiro atoms. The van der Waals surface area contributed by atoms with Gasteiger partial charge in [0.2, 0.25) is 0 Å². The van der Waals surface area contributed by atoms with E-state index in [0.717, 1.165) is 18.2 Å². The fourth-order valence-electron chi connectivity index (χ4n) is 3.11. The first-order valence-corrected chi connectivity index (χ1v) is 8.66. The molecule has 0 amide bonds. The average Bonchev–Trinajstić information content (AvgIpc) is 3.12. The molecule has 104 valence electrons. The molecule has 1 unspecified atom stereocenters. The minimum atomic E-state index is 0.527. The van der Waals surface area contributed by atoms with Crippen LogP contribution < -0.4 is 5.32 Å². The van der Waals surface area contributed by atoms with Crippen molar-refractivity contribution in [3.63, 3.8) is 0 Å². The van der Waals surface area contributed by atoms with E-state index in [9.17, 15) is 0 Å². The summed E-state index contributed by atoms with van der Waals surface area (Å²) < 4.78 is 0. The molecule has 1 saturated heterocycles. The van der Waals surface area contributed by atoms with Crippen LogP contribution in [0, 0.1) is 0 Å². The SMILES string of the molecule is CCNc1cc(C2CCCC2)nc(C2CCCS2)n1. The Kier molecular flexibility index (Phi) is 4.26. The fourth-order valence-corrected chi connectivity index (χ4v) is 4.32. The summed E-state index contributed by atoms with van der Waals surface area (Å²) in [6.45, 7) is 3.06. The molecule has 2 aliphatic rings. The second kappa shape index (κ2) is 6.12. The molecule has 0 radical (unpaired) electrons. The van der Waals surface area contributed by atoms with Gasteiger partial charge in [0.25, 0.3) is 0 Å². The number of hydrogen-bond acceptors (Lipinski definition) is 4. The highest BCUT2D eigenvalue weighted by Crippen LogP contribution is 2.40. The van der Waals surface area contributed by atoms with Gasteiger partial charge in [-0.05, 0) is 38.4 Å². The predicted molar refractivity (Wildman–Crippen MR) is 81.8 cm³/mol. The van der Waals surface area contributed by atoms with Crippen LogP contribution in [0.1, 0.15) is 68.1 Å². The predicted octanol–water partition coefficient (Wildman–Crippen LogP) is 4.13. The number of hydrogen-bond donors (Lipinski definition) is 1. The summed E-state index contributed by atoms with van der Waals surface area (Å²) in [5.74, 6) is 4.04. The van der Waals surface area contributed by atoms with Gasteiger partial charge in [0, 0.05) is 24.2 Å². The number of aromatic nitrogens is 2. The van der Waals surface area contributed by atoms with Gasteiger partial charge in [-0.15, -0.1) is 0 Å². The second-order valence-electron chi connectivity index (χ2n) is 5.55. The van der Waals surface area contributed by atoms with E-state index in [1.165, 1.54) is 50.0 Å². The van der Waals surface area contributed by atoms with Gasteiger partial charge >= 0.3 is 0 Å². The average molecular weight is 277 g/mol. The zero-order chi connectivity index (χ0) is 13.1. The van der Waals surface area contributed by atoms with E-state index < -0.39 is 0 Å². The van der Waals surface area contributed by atoms with Crippen molar-refractivity contribution in [2.75, 3.05) is 17.6 Å². The van der Waals surface area contributed by atoms with E-state index in [1.54, 1.807) is 0 Å². The first-order chi connectivity index (χ1) is 9.36. The lowest BCUT2D eigenvalue weighted by Crippen LogP contribution is -2.09. The van der Waals surface area contributed by atoms with E-state index >= 15 is 0 Å². The van der Waals surface area contributed by atoms with Gasteiger partial charge in [-0.25, -0.2) is 9.97 Å². The molecule has 0 aromatic carbocycles. The second-order valence-corrected chi connectivity index (χ2v) is 6.86. The lowest BCUT2D eigenvalue weighted by atomic mass is 10.0. The summed E-state index contributed by atoms with van der Waals surface area (Å²) >= 11 is 2.02. The van der Waals surface area contributed by atoms with Crippen LogP contribution in [-0.2, 0) is 0 Å². The normalized spacial score (nSPS) is 23.9. The Morgan fingerprint density at radius 2 is 2.05 bits per heavy atom. The Labute approximate surface area is 120 Å². The molecular formula is C15H23N3S. The van der Waals surface area contributed by atoms with Gasteiger partial charge in [-0.3, -0.25) is 0 Å². The maximum Gasteiger partial charge on any atom is 0.143 e. The fraction of sp³-hybridized carbons (Fsp3) is 0.733. The van der Waals surface area contributed by atoms with Crippen LogP contribution in [0.4, 0.5) is 5.82 Å². The zero-order valence-corrected chi connectivity index (χ0v) is 12.5. The molecule has 1 saturated carbocycles. The molecule has 1 aromatic rings. The third-order valence-electron chi connectivity index (χ3n) is 4.11. The van der Waals surface area contributed by atoms with Crippen LogP contribution in [-0.4, -0.2) is 22.3 Å². The molecule has 1 aromatic heterocycles. The number of thioether (sulfide) groups is 1. The molecule has 0 bridgehead atoms. The van der Waals surface area contributed by atoms with Crippen molar-refractivity contribution in [3.05, 3.63) is 17.6 Å². The highest BCUT2D eigenvalue weighted by molar-refractivity contribution is 7.99. The molecule has 19 heavy (non-hydrogen) atoms. The molecular weight excluding hydrogens is 254 g/mol. The monoisotopic (exact) mass is 277 g/mol. The van der Waals surface area contributed by atoms with Crippen LogP contribution in [0.15, 0.2) is 6.07 Å². The van der Waals surface area contributed by atoms with Crippen molar-refractivity contribution >= 4 is 17.6 Å². The molecule has 1 aliphatic heterocycles. The smallest absolute Gasteiger partial charge is 0.143 e. The lowest BCUT2D eigenvalue weighted by Gasteiger charge is -2.15. The highest BCUT2D eigenvalue weighted by atomic mass is 32.2. The summed E-state index contributed by atoms with van der Waals surface area (Å²) in [5.41, 5.74) is 1.28. The largest absolute Gasteiger partial charge is 0.370 e. The molecule has 1 atom stereocenters. The molecule has 2 heterocycles. The van der Waals surface area contributed by atoms with E-state index in [4.69, 9.17) is 9.97 Å². The number of rotatable bonds is 4. The van der Waals surface area contributed by atoms with Crippen molar-refractivity contribution in [2.45, 2.75) is 56.6 Å². The Hall–Kier alpha value is -0.770. The maximum absolute atomic E-state index is 4.91. The van der Waals surface area contributed by atoms with Crippen LogP contribution in [0.5, 0.6) is 0 Å². The van der Waals surface area contributed by atoms with Crippen molar-refractivity contribution in [2.24, 2.45) is 0 Å². The summed E-state index contributed by atoms with van der Waals surface area (Å²) in [6.07, 6.45) is 7.88. The van der Waals surface area contributed by atoms with Crippen molar-refractivity contribution < 1.29 is 0 Å². The van der Waals surface area contributed by atoms with Gasteiger partial charge in [-0.2, -0.15) is 11.8 Å². The Balaban J connectivity index is 1.88. The molecule has 4 heteroatoms. The molecule has 1 aliphatic carbocycles. The van der Waals surface area contributed by atoms with Gasteiger partial charge in [0.15, 0.2) is 0 Å². The first kappa shape index (κ1) is 13.2. The van der Waals surface area contributed by atoms with Crippen molar-refractivity contribution in [1.29, 1.82) is 0 Å². The maximum atomic E-state index is 4.91. The standard InChI is InChI=1S/C15H23N3S/c1-2-16-14-10-12(11-6-3-4-7-11)17-15(18-14)13-8-5-9-19-13/h10-11,13H,2-9H2,1H3,(H,16,17,18). The number of anilines is 1. The topological polar surface area (TPSA) is 37.8 Å². The molecule has 3 rings (SSSR count). The lowest BCUT2D eigenvalue weighted by molar-refractivity contribution is 0.676. The van der Waals surface area contributed by atoms with Gasteiger partial charge in [0.1, 0.15) is 11.6 Å². The highest BCUT2D eigenvalue weighted by Gasteiger charge is 2.24. The van der Waals surface area contributed by atoms with Crippen molar-refractivity contribution in [1.82, 2.24) is 9.97 Å². The number of nitrogens with zero attached hydrogens (tertiary/aromatic N) is 2. The third kappa shape index (κ3) is 3.04. The summed E-state index contributed by atoms with van der Waals surface area (Å²) in [5, 5.41) is 3.90. The zero-order valence-electron chi connectivity index (χ0n) is 11.7. The van der Waals surface area contributed by atoms with Crippen LogP contribution in [0.3, 0.4) is 0 Å². The quantitative estimate of drug-likeness (QED) is 0.898. The van der Waals surface area contributed by atoms with E-state index in [1.807, 2.05) is 11.8 Å². The van der Waals surface area contributed by atoms with E-state index in [-0.39, 0.29) is 0 Å². The van der Waals surface area contributed by atoms with E-state index in [0.29, 0.717) is 11.2 Å². The summed E-state index contributed by atoms with van der Waals surface area (Å²) in [6, 6.07) is 2.18. The minimum absolute atomic E-state index is 0.527. The minimum Gasteiger partial charge on any atom is -0.370 e. The Morgan fingerprint density at radius 1 is 1.21 bits per heavy atom. The summed E-state index contributed by atoms with van der Waals surface area (Å²) in [4.78, 5) is 9.64. The van der Waals surface area contributed by atoms with E-state index in [2.05, 4.69) is 18.3 Å². The summed E-state index contributed by atoms with van der Waals surface area (Å²) in [7, 11) is 0. The molecule has 3 nitrogen and oxygen atoms in total. The Morgan fingerprint density at radius 3 is 2.74 bits per heavy atom. The Bertz CT molecular complexity index is 389. The van der Waals surface area contributed by atoms with Crippen LogP contribution in [0.25, 0.3) is 0 Å². The van der Waals surface area contributed by atoms with Gasteiger partial charge in [-0.1, -0.05) is 12.8 Å². The third-order valence-corrected chi connectivity index (χ3v) is 5.49. The number of nitrogens with one attached hydrogen (secondary N) is 1. The molecule has 1 N–H and O–H groups in total. The van der Waals surface area contributed by atoms with Gasteiger partial charge in [0.05, 0.1) is 5.25 Å². The van der Waals surface area contributed by atoms with Crippen molar-refractivity contribution in [3.8, 4) is 0 Å². The van der Waals surface area contributed by atoms with Gasteiger partial charge < -0.3 is 5.32 Å².